The fraction of sp³-hybridized carbons (Fsp3) is 0.217. The summed E-state index contributed by atoms with van der Waals surface area (Å²) in [6.45, 7) is 0. The molecule has 0 saturated heterocycles. The molecule has 4 nitrogen and oxygen atoms in total. The molecule has 4 heteroatoms. The molecule has 3 aromatic carbocycles. The maximum atomic E-state index is 12.9. The Balaban J connectivity index is 1.78. The van der Waals surface area contributed by atoms with Gasteiger partial charge in [0.25, 0.3) is 0 Å². The van der Waals surface area contributed by atoms with Gasteiger partial charge < -0.3 is 9.47 Å². The third-order valence-corrected chi connectivity index (χ3v) is 6.06. The van der Waals surface area contributed by atoms with Crippen molar-refractivity contribution in [1.29, 1.82) is 0 Å². The molecule has 1 aliphatic heterocycles. The molecule has 5 rings (SSSR count). The fourth-order valence-corrected chi connectivity index (χ4v) is 4.80. The minimum Gasteiger partial charge on any atom is -0.468 e. The summed E-state index contributed by atoms with van der Waals surface area (Å²) in [5, 5.41) is 2.08. The van der Waals surface area contributed by atoms with Crippen molar-refractivity contribution in [2.45, 2.75) is 18.3 Å². The highest BCUT2D eigenvalue weighted by molar-refractivity contribution is 6.07. The van der Waals surface area contributed by atoms with Crippen molar-refractivity contribution < 1.29 is 19.1 Å². The Morgan fingerprint density at radius 3 is 2.56 bits per heavy atom. The summed E-state index contributed by atoms with van der Waals surface area (Å²) < 4.78 is 10.7. The van der Waals surface area contributed by atoms with Crippen molar-refractivity contribution in [3.63, 3.8) is 0 Å². The molecule has 0 unspecified atom stereocenters. The van der Waals surface area contributed by atoms with Gasteiger partial charge in [0.1, 0.15) is 5.75 Å². The van der Waals surface area contributed by atoms with Crippen LogP contribution < -0.4 is 4.74 Å². The highest BCUT2D eigenvalue weighted by atomic mass is 16.6. The first-order chi connectivity index (χ1) is 13.2. The van der Waals surface area contributed by atoms with E-state index in [1.807, 2.05) is 54.6 Å². The summed E-state index contributed by atoms with van der Waals surface area (Å²) in [4.78, 5) is 25.7. The highest BCUT2D eigenvalue weighted by Crippen LogP contribution is 2.66. The van der Waals surface area contributed by atoms with E-state index in [9.17, 15) is 9.59 Å². The Morgan fingerprint density at radius 2 is 1.78 bits per heavy atom. The molecule has 0 N–H and O–H groups in total. The number of benzene rings is 3. The minimum atomic E-state index is -1.27. The van der Waals surface area contributed by atoms with Crippen LogP contribution in [0, 0.1) is 5.41 Å². The number of ether oxygens (including phenoxy) is 2. The van der Waals surface area contributed by atoms with Crippen LogP contribution in [0.1, 0.15) is 29.4 Å². The summed E-state index contributed by atoms with van der Waals surface area (Å²) in [6.07, 6.45) is 0.399. The molecule has 0 spiro atoms. The van der Waals surface area contributed by atoms with E-state index < -0.39 is 17.4 Å². The molecule has 2 aliphatic rings. The van der Waals surface area contributed by atoms with Gasteiger partial charge in [-0.2, -0.15) is 0 Å². The van der Waals surface area contributed by atoms with Gasteiger partial charge in [0.15, 0.2) is 5.41 Å². The molecule has 1 aliphatic carbocycles. The smallest absolute Gasteiger partial charge is 0.329 e. The zero-order valence-electron chi connectivity index (χ0n) is 14.8. The largest absolute Gasteiger partial charge is 0.468 e. The molecule has 0 bridgehead atoms. The maximum absolute atomic E-state index is 12.9. The van der Waals surface area contributed by atoms with E-state index in [0.717, 1.165) is 21.9 Å². The standard InChI is InChI=1S/C23H18O4/c1-26-21(24)23-13-17(14-7-3-2-4-8-14)20(23)19-16-10-6-5-9-15(16)11-12-18(19)27-22(23)25/h2-12,17,20H,13H2,1H3/t17-,20+,23+/m0/s1. The molecule has 1 saturated carbocycles. The lowest BCUT2D eigenvalue weighted by molar-refractivity contribution is -0.179. The van der Waals surface area contributed by atoms with Gasteiger partial charge in [0.2, 0.25) is 0 Å². The number of carbonyl (C=O) groups is 2. The second kappa shape index (κ2) is 5.68. The van der Waals surface area contributed by atoms with Crippen LogP contribution in [0.15, 0.2) is 66.7 Å². The lowest BCUT2D eigenvalue weighted by Crippen LogP contribution is -2.59. The normalized spacial score (nSPS) is 25.7. The molecule has 1 heterocycles. The molecule has 1 fully saturated rings. The van der Waals surface area contributed by atoms with Crippen LogP contribution in [-0.4, -0.2) is 19.0 Å². The van der Waals surface area contributed by atoms with Crippen LogP contribution in [0.4, 0.5) is 0 Å². The average molecular weight is 358 g/mol. The summed E-state index contributed by atoms with van der Waals surface area (Å²) in [6, 6.07) is 21.8. The Bertz CT molecular complexity index is 1070. The maximum Gasteiger partial charge on any atom is 0.329 e. The Labute approximate surface area is 156 Å². The van der Waals surface area contributed by atoms with Crippen LogP contribution in [-0.2, 0) is 14.3 Å². The minimum absolute atomic E-state index is 0.0581. The number of carbonyl (C=O) groups excluding carboxylic acids is 2. The topological polar surface area (TPSA) is 52.6 Å². The quantitative estimate of drug-likeness (QED) is 0.392. The third-order valence-electron chi connectivity index (χ3n) is 6.06. The third kappa shape index (κ3) is 2.04. The van der Waals surface area contributed by atoms with Crippen molar-refractivity contribution in [3.8, 4) is 5.75 Å². The monoisotopic (exact) mass is 358 g/mol. The molecule has 3 aromatic rings. The molecule has 0 radical (unpaired) electrons. The number of fused-ring (bicyclic) bond motifs is 5. The van der Waals surface area contributed by atoms with Gasteiger partial charge in [-0.3, -0.25) is 9.59 Å². The van der Waals surface area contributed by atoms with E-state index in [1.54, 1.807) is 0 Å². The molecular formula is C23H18O4. The first-order valence-electron chi connectivity index (χ1n) is 9.04. The van der Waals surface area contributed by atoms with Crippen molar-refractivity contribution in [1.82, 2.24) is 0 Å². The van der Waals surface area contributed by atoms with Crippen LogP contribution in [0.2, 0.25) is 0 Å². The van der Waals surface area contributed by atoms with Gasteiger partial charge >= 0.3 is 11.9 Å². The van der Waals surface area contributed by atoms with E-state index in [2.05, 4.69) is 12.1 Å². The molecule has 134 valence electrons. The highest BCUT2D eigenvalue weighted by Gasteiger charge is 2.69. The molecule has 27 heavy (non-hydrogen) atoms. The number of rotatable bonds is 2. The van der Waals surface area contributed by atoms with Gasteiger partial charge in [0, 0.05) is 11.5 Å². The van der Waals surface area contributed by atoms with Gasteiger partial charge in [-0.15, -0.1) is 0 Å². The van der Waals surface area contributed by atoms with Gasteiger partial charge in [-0.05, 0) is 34.7 Å². The fourth-order valence-electron chi connectivity index (χ4n) is 4.80. The Morgan fingerprint density at radius 1 is 1.04 bits per heavy atom. The van der Waals surface area contributed by atoms with E-state index in [-0.39, 0.29) is 11.8 Å². The van der Waals surface area contributed by atoms with Crippen LogP contribution in [0.3, 0.4) is 0 Å². The van der Waals surface area contributed by atoms with Crippen molar-refractivity contribution >= 4 is 22.7 Å². The van der Waals surface area contributed by atoms with E-state index in [1.165, 1.54) is 7.11 Å². The van der Waals surface area contributed by atoms with Gasteiger partial charge in [0.05, 0.1) is 7.11 Å². The lowest BCUT2D eigenvalue weighted by Gasteiger charge is -2.54. The summed E-state index contributed by atoms with van der Waals surface area (Å²) >= 11 is 0. The Kier molecular flexibility index (Phi) is 3.38. The number of hydrogen-bond acceptors (Lipinski definition) is 4. The summed E-state index contributed by atoms with van der Waals surface area (Å²) in [5.41, 5.74) is 0.778. The van der Waals surface area contributed by atoms with E-state index in [4.69, 9.17) is 9.47 Å². The van der Waals surface area contributed by atoms with Crippen LogP contribution in [0.25, 0.3) is 10.8 Å². The first kappa shape index (κ1) is 16.1. The van der Waals surface area contributed by atoms with E-state index >= 15 is 0 Å². The van der Waals surface area contributed by atoms with Crippen LogP contribution >= 0.6 is 0 Å². The van der Waals surface area contributed by atoms with Crippen LogP contribution in [0.5, 0.6) is 5.75 Å². The number of hydrogen-bond donors (Lipinski definition) is 0. The second-order valence-corrected chi connectivity index (χ2v) is 7.25. The number of esters is 2. The predicted molar refractivity (Wildman–Crippen MR) is 101 cm³/mol. The zero-order chi connectivity index (χ0) is 18.6. The summed E-state index contributed by atoms with van der Waals surface area (Å²) in [7, 11) is 1.33. The van der Waals surface area contributed by atoms with Gasteiger partial charge in [-0.1, -0.05) is 60.7 Å². The second-order valence-electron chi connectivity index (χ2n) is 7.25. The zero-order valence-corrected chi connectivity index (χ0v) is 14.8. The molecule has 3 atom stereocenters. The first-order valence-corrected chi connectivity index (χ1v) is 9.04. The van der Waals surface area contributed by atoms with Crippen molar-refractivity contribution in [2.24, 2.45) is 5.41 Å². The predicted octanol–water partition coefficient (Wildman–Crippen LogP) is 4.19. The van der Waals surface area contributed by atoms with Crippen molar-refractivity contribution in [2.75, 3.05) is 7.11 Å². The lowest BCUT2D eigenvalue weighted by atomic mass is 9.48. The summed E-state index contributed by atoms with van der Waals surface area (Å²) in [5.74, 6) is -0.709. The molecule has 0 aromatic heterocycles. The van der Waals surface area contributed by atoms with Gasteiger partial charge in [-0.25, -0.2) is 0 Å². The number of methoxy groups -OCH3 is 1. The molecular weight excluding hydrogens is 340 g/mol. The SMILES string of the molecule is COC(=O)[C@@]12C[C@@H](c3ccccc3)[C@@H]1c1c(ccc3ccccc13)OC2=O. The molecule has 0 amide bonds. The Hall–Kier alpha value is -3.14. The average Bonchev–Trinajstić information content (AvgIpc) is 2.69. The van der Waals surface area contributed by atoms with E-state index in [0.29, 0.717) is 12.2 Å². The van der Waals surface area contributed by atoms with Crippen molar-refractivity contribution in [3.05, 3.63) is 77.9 Å².